The van der Waals surface area contributed by atoms with Crippen molar-refractivity contribution in [1.82, 2.24) is 5.32 Å². The van der Waals surface area contributed by atoms with Crippen LogP contribution in [0.5, 0.6) is 17.2 Å². The minimum atomic E-state index is -1.32. The van der Waals surface area contributed by atoms with Gasteiger partial charge >= 0.3 is 5.97 Å². The van der Waals surface area contributed by atoms with E-state index in [1.54, 1.807) is 79.7 Å². The van der Waals surface area contributed by atoms with E-state index in [1.807, 2.05) is 0 Å². The van der Waals surface area contributed by atoms with Gasteiger partial charge in [-0.3, -0.25) is 14.4 Å². The van der Waals surface area contributed by atoms with E-state index in [1.165, 1.54) is 50.3 Å². The van der Waals surface area contributed by atoms with E-state index in [-0.39, 0.29) is 16.9 Å². The molecule has 236 valence electrons. The zero-order valence-electron chi connectivity index (χ0n) is 25.1. The summed E-state index contributed by atoms with van der Waals surface area (Å²) in [5, 5.41) is 26.5. The Bertz CT molecular complexity index is 1790. The van der Waals surface area contributed by atoms with E-state index in [0.29, 0.717) is 33.2 Å². The zero-order valence-corrected chi connectivity index (χ0v) is 25.9. The minimum absolute atomic E-state index is 0.0548. The van der Waals surface area contributed by atoms with Crippen LogP contribution in [-0.2, 0) is 9.59 Å². The zero-order chi connectivity index (χ0) is 33.2. The third-order valence-electron chi connectivity index (χ3n) is 6.53. The molecule has 0 bridgehead atoms. The van der Waals surface area contributed by atoms with Crippen LogP contribution < -0.4 is 25.4 Å². The van der Waals surface area contributed by atoms with Gasteiger partial charge in [0.2, 0.25) is 5.91 Å². The van der Waals surface area contributed by atoms with Gasteiger partial charge < -0.3 is 35.6 Å². The number of para-hydroxylation sites is 1. The minimum Gasteiger partial charge on any atom is -0.507 e. The Balaban J connectivity index is 1.53. The number of rotatable bonds is 12. The number of carboxylic acids is 1. The maximum Gasteiger partial charge on any atom is 0.339 e. The van der Waals surface area contributed by atoms with E-state index in [4.69, 9.17) is 9.47 Å². The van der Waals surface area contributed by atoms with Crippen LogP contribution >= 0.6 is 11.8 Å². The van der Waals surface area contributed by atoms with Crippen LogP contribution in [-0.4, -0.2) is 53.4 Å². The number of aromatic hydroxyl groups is 1. The number of methoxy groups -OCH3 is 2. The number of ether oxygens (including phenoxy) is 2. The highest BCUT2D eigenvalue weighted by Gasteiger charge is 2.19. The molecule has 0 aliphatic heterocycles. The first kappa shape index (κ1) is 33.1. The molecule has 0 radical (unpaired) electrons. The molecule has 0 saturated carbocycles. The molecule has 46 heavy (non-hydrogen) atoms. The largest absolute Gasteiger partial charge is 0.507 e. The second-order valence-corrected chi connectivity index (χ2v) is 11.1. The molecule has 0 saturated heterocycles. The van der Waals surface area contributed by atoms with Gasteiger partial charge in [0.15, 0.2) is 11.5 Å². The molecule has 1 unspecified atom stereocenters. The molecular weight excluding hydrogens is 610 g/mol. The first-order valence-corrected chi connectivity index (χ1v) is 14.7. The second kappa shape index (κ2) is 15.3. The summed E-state index contributed by atoms with van der Waals surface area (Å²) < 4.78 is 10.9. The number of benzene rings is 4. The van der Waals surface area contributed by atoms with Crippen molar-refractivity contribution in [2.45, 2.75) is 17.1 Å². The lowest BCUT2D eigenvalue weighted by Gasteiger charge is -2.15. The monoisotopic (exact) mass is 641 g/mol. The molecule has 3 amide bonds. The Hall–Kier alpha value is -5.75. The third-order valence-corrected chi connectivity index (χ3v) is 7.62. The van der Waals surface area contributed by atoms with Crippen molar-refractivity contribution in [3.8, 4) is 17.2 Å². The average Bonchev–Trinajstić information content (AvgIpc) is 3.05. The van der Waals surface area contributed by atoms with E-state index >= 15 is 0 Å². The third kappa shape index (κ3) is 8.45. The van der Waals surface area contributed by atoms with Gasteiger partial charge in [0.1, 0.15) is 17.0 Å². The summed E-state index contributed by atoms with van der Waals surface area (Å²) in [6.07, 6.45) is 1.49. The molecule has 4 rings (SSSR count). The van der Waals surface area contributed by atoms with Crippen LogP contribution in [0.3, 0.4) is 0 Å². The molecule has 4 aromatic rings. The van der Waals surface area contributed by atoms with Gasteiger partial charge in [-0.1, -0.05) is 36.4 Å². The molecule has 1 atom stereocenters. The van der Waals surface area contributed by atoms with Gasteiger partial charge in [-0.15, -0.1) is 11.8 Å². The van der Waals surface area contributed by atoms with Gasteiger partial charge in [-0.05, 0) is 67.6 Å². The highest BCUT2D eigenvalue weighted by molar-refractivity contribution is 8.00. The number of nitrogens with one attached hydrogen (secondary N) is 3. The highest BCUT2D eigenvalue weighted by Crippen LogP contribution is 2.32. The van der Waals surface area contributed by atoms with Crippen LogP contribution in [0.1, 0.15) is 33.2 Å². The Kier molecular flexibility index (Phi) is 11.0. The van der Waals surface area contributed by atoms with Crippen molar-refractivity contribution in [3.05, 3.63) is 113 Å². The SMILES string of the molecule is COc1cccc(/C=C(/NC(=O)c2ccccc2)C(=O)Nc2cccc(SC(C)C(=O)Nc3ccc(O)c(C(=O)O)c3)c2)c1OC. The van der Waals surface area contributed by atoms with E-state index < -0.39 is 34.7 Å². The lowest BCUT2D eigenvalue weighted by Crippen LogP contribution is -2.30. The number of phenols is 1. The summed E-state index contributed by atoms with van der Waals surface area (Å²) in [4.78, 5) is 51.4. The number of carbonyl (C=O) groups excluding carboxylic acids is 3. The predicted octanol–water partition coefficient (Wildman–Crippen LogP) is 5.64. The topological polar surface area (TPSA) is 163 Å². The van der Waals surface area contributed by atoms with Crippen LogP contribution in [0.4, 0.5) is 11.4 Å². The highest BCUT2D eigenvalue weighted by atomic mass is 32.2. The first-order valence-electron chi connectivity index (χ1n) is 13.8. The summed E-state index contributed by atoms with van der Waals surface area (Å²) in [7, 11) is 2.97. The fourth-order valence-corrected chi connectivity index (χ4v) is 5.18. The van der Waals surface area contributed by atoms with Crippen molar-refractivity contribution in [1.29, 1.82) is 0 Å². The van der Waals surface area contributed by atoms with Crippen LogP contribution in [0.25, 0.3) is 6.08 Å². The maximum atomic E-state index is 13.6. The summed E-state index contributed by atoms with van der Waals surface area (Å²) in [5.41, 5.74) is 1.09. The number of carboxylic acid groups (broad SMARTS) is 1. The molecule has 11 nitrogen and oxygen atoms in total. The Morgan fingerprint density at radius 1 is 0.826 bits per heavy atom. The smallest absolute Gasteiger partial charge is 0.339 e. The summed E-state index contributed by atoms with van der Waals surface area (Å²) >= 11 is 1.21. The normalized spacial score (nSPS) is 11.6. The van der Waals surface area contributed by atoms with E-state index in [0.717, 1.165) is 0 Å². The van der Waals surface area contributed by atoms with Gasteiger partial charge in [0.05, 0.1) is 19.5 Å². The summed E-state index contributed by atoms with van der Waals surface area (Å²) in [5.74, 6) is -2.41. The number of anilines is 2. The molecule has 4 aromatic carbocycles. The van der Waals surface area contributed by atoms with Crippen molar-refractivity contribution < 1.29 is 38.9 Å². The molecule has 0 spiro atoms. The second-order valence-electron chi connectivity index (χ2n) is 9.73. The van der Waals surface area contributed by atoms with Crippen LogP contribution in [0.2, 0.25) is 0 Å². The Morgan fingerprint density at radius 3 is 2.24 bits per heavy atom. The molecule has 0 fully saturated rings. The lowest BCUT2D eigenvalue weighted by molar-refractivity contribution is -0.115. The fraction of sp³-hybridized carbons (Fsp3) is 0.118. The molecule has 0 aliphatic carbocycles. The number of hydrogen-bond donors (Lipinski definition) is 5. The van der Waals surface area contributed by atoms with E-state index in [2.05, 4.69) is 16.0 Å². The molecule has 12 heteroatoms. The molecule has 0 aliphatic rings. The number of carbonyl (C=O) groups is 4. The van der Waals surface area contributed by atoms with E-state index in [9.17, 15) is 29.4 Å². The Morgan fingerprint density at radius 2 is 1.54 bits per heavy atom. The van der Waals surface area contributed by atoms with Crippen LogP contribution in [0.15, 0.2) is 102 Å². The van der Waals surface area contributed by atoms with Crippen molar-refractivity contribution in [3.63, 3.8) is 0 Å². The molecular formula is C34H31N3O8S. The maximum absolute atomic E-state index is 13.6. The molecule has 0 aromatic heterocycles. The Labute approximate surface area is 269 Å². The molecule has 5 N–H and O–H groups in total. The lowest BCUT2D eigenvalue weighted by atomic mass is 10.1. The molecule has 0 heterocycles. The summed E-state index contributed by atoms with van der Waals surface area (Å²) in [6, 6.07) is 24.2. The average molecular weight is 642 g/mol. The number of aromatic carboxylic acids is 1. The van der Waals surface area contributed by atoms with Crippen molar-refractivity contribution >= 4 is 52.9 Å². The first-order chi connectivity index (χ1) is 22.1. The number of hydrogen-bond acceptors (Lipinski definition) is 8. The number of thioether (sulfide) groups is 1. The predicted molar refractivity (Wildman–Crippen MR) is 176 cm³/mol. The fourth-order valence-electron chi connectivity index (χ4n) is 4.26. The summed E-state index contributed by atoms with van der Waals surface area (Å²) in [6.45, 7) is 1.67. The standard InChI is InChI=1S/C34H31N3O8S/c1-20(31(39)35-24-15-16-28(38)26(19-24)34(42)43)46-25-13-8-12-23(18-25)36-33(41)27(37-32(40)21-9-5-4-6-10-21)17-22-11-7-14-29(44-2)30(22)45-3/h4-20,38H,1-3H3,(H,35,39)(H,36,41)(H,37,40)(H,42,43)/b27-17+. The van der Waals surface area contributed by atoms with Crippen molar-refractivity contribution in [2.75, 3.05) is 24.9 Å². The van der Waals surface area contributed by atoms with Gasteiger partial charge in [-0.25, -0.2) is 4.79 Å². The van der Waals surface area contributed by atoms with Gasteiger partial charge in [0.25, 0.3) is 11.8 Å². The van der Waals surface area contributed by atoms with Gasteiger partial charge in [0, 0.05) is 27.4 Å². The van der Waals surface area contributed by atoms with Gasteiger partial charge in [-0.2, -0.15) is 0 Å². The number of amides is 3. The quantitative estimate of drug-likeness (QED) is 0.0749. The van der Waals surface area contributed by atoms with Crippen molar-refractivity contribution in [2.24, 2.45) is 0 Å². The van der Waals surface area contributed by atoms with Crippen LogP contribution in [0, 0.1) is 0 Å².